The molecule has 0 aromatic heterocycles. The summed E-state index contributed by atoms with van der Waals surface area (Å²) in [5.41, 5.74) is 2.21. The molecule has 0 heterocycles. The van der Waals surface area contributed by atoms with Crippen molar-refractivity contribution in [1.82, 2.24) is 0 Å². The van der Waals surface area contributed by atoms with Crippen LogP contribution >= 0.6 is 0 Å². The standard InChI is InChI=1S/C28H44NO/c1-4-5-6-7-8-9-10-11-12-19-24-29(2,3)27(25-20-15-13-16-21-25)28(30)26-22-17-14-18-23-26/h13-18,20-23,27-28,30H,4-12,19,24H2,1-3H3/q+1/t27-,28+/m0/s1. The molecule has 0 saturated carbocycles. The molecule has 166 valence electrons. The van der Waals surface area contributed by atoms with E-state index in [9.17, 15) is 5.11 Å². The van der Waals surface area contributed by atoms with Crippen molar-refractivity contribution in [3.63, 3.8) is 0 Å². The van der Waals surface area contributed by atoms with Gasteiger partial charge in [0.15, 0.2) is 0 Å². The summed E-state index contributed by atoms with van der Waals surface area (Å²) >= 11 is 0. The highest BCUT2D eigenvalue weighted by Crippen LogP contribution is 2.37. The van der Waals surface area contributed by atoms with Crippen LogP contribution in [0.3, 0.4) is 0 Å². The number of hydrogen-bond acceptors (Lipinski definition) is 1. The van der Waals surface area contributed by atoms with E-state index in [2.05, 4.69) is 51.4 Å². The van der Waals surface area contributed by atoms with Gasteiger partial charge >= 0.3 is 0 Å². The molecule has 2 aromatic rings. The first-order valence-corrected chi connectivity index (χ1v) is 12.2. The maximum atomic E-state index is 11.3. The number of likely N-dealkylation sites (N-methyl/N-ethyl adjacent to an activating group) is 1. The summed E-state index contributed by atoms with van der Waals surface area (Å²) in [5, 5.41) is 11.3. The van der Waals surface area contributed by atoms with Crippen LogP contribution in [0.4, 0.5) is 0 Å². The summed E-state index contributed by atoms with van der Waals surface area (Å²) in [7, 11) is 4.55. The summed E-state index contributed by atoms with van der Waals surface area (Å²) in [6.45, 7) is 3.36. The van der Waals surface area contributed by atoms with Crippen LogP contribution in [0.2, 0.25) is 0 Å². The molecule has 0 amide bonds. The summed E-state index contributed by atoms with van der Waals surface area (Å²) in [6, 6.07) is 20.7. The van der Waals surface area contributed by atoms with Gasteiger partial charge in [0, 0.05) is 5.56 Å². The highest BCUT2D eigenvalue weighted by atomic mass is 16.3. The van der Waals surface area contributed by atoms with Crippen LogP contribution in [0.5, 0.6) is 0 Å². The summed E-state index contributed by atoms with van der Waals surface area (Å²) in [6.07, 6.45) is 13.0. The molecule has 0 spiro atoms. The molecule has 0 fully saturated rings. The van der Waals surface area contributed by atoms with Gasteiger partial charge < -0.3 is 9.59 Å². The van der Waals surface area contributed by atoms with Crippen molar-refractivity contribution in [3.05, 3.63) is 71.8 Å². The predicted molar refractivity (Wildman–Crippen MR) is 129 cm³/mol. The summed E-state index contributed by atoms with van der Waals surface area (Å²) < 4.78 is 0.803. The molecule has 0 saturated heterocycles. The highest BCUT2D eigenvalue weighted by Gasteiger charge is 2.36. The van der Waals surface area contributed by atoms with Gasteiger partial charge in [-0.25, -0.2) is 0 Å². The first-order valence-electron chi connectivity index (χ1n) is 12.2. The zero-order valence-electron chi connectivity index (χ0n) is 19.6. The molecule has 0 aliphatic heterocycles. The zero-order valence-corrected chi connectivity index (χ0v) is 19.6. The molecule has 30 heavy (non-hydrogen) atoms. The smallest absolute Gasteiger partial charge is 0.145 e. The zero-order chi connectivity index (χ0) is 21.7. The molecule has 0 aliphatic carbocycles. The Morgan fingerprint density at radius 2 is 1.07 bits per heavy atom. The molecule has 1 N–H and O–H groups in total. The quantitative estimate of drug-likeness (QED) is 0.239. The van der Waals surface area contributed by atoms with Gasteiger partial charge in [-0.05, 0) is 18.4 Å². The Kier molecular flexibility index (Phi) is 11.2. The van der Waals surface area contributed by atoms with Gasteiger partial charge in [0.25, 0.3) is 0 Å². The van der Waals surface area contributed by atoms with Gasteiger partial charge in [0.2, 0.25) is 0 Å². The van der Waals surface area contributed by atoms with Crippen LogP contribution in [0.25, 0.3) is 0 Å². The number of aliphatic hydroxyl groups excluding tert-OH is 1. The lowest BCUT2D eigenvalue weighted by atomic mass is 9.92. The van der Waals surface area contributed by atoms with Crippen molar-refractivity contribution in [2.45, 2.75) is 83.3 Å². The van der Waals surface area contributed by atoms with Crippen LogP contribution in [0.15, 0.2) is 60.7 Å². The Balaban J connectivity index is 1.87. The van der Waals surface area contributed by atoms with Gasteiger partial charge in [0.1, 0.15) is 12.1 Å². The number of hydrogen-bond donors (Lipinski definition) is 1. The van der Waals surface area contributed by atoms with Crippen molar-refractivity contribution in [3.8, 4) is 0 Å². The topological polar surface area (TPSA) is 20.2 Å². The van der Waals surface area contributed by atoms with Gasteiger partial charge in [-0.2, -0.15) is 0 Å². The Hall–Kier alpha value is -1.64. The fourth-order valence-corrected chi connectivity index (χ4v) is 4.60. The second-order valence-corrected chi connectivity index (χ2v) is 9.40. The van der Waals surface area contributed by atoms with Gasteiger partial charge in [-0.15, -0.1) is 0 Å². The van der Waals surface area contributed by atoms with Gasteiger partial charge in [-0.1, -0.05) is 119 Å². The Bertz CT molecular complexity index is 668. The number of quaternary nitrogens is 1. The van der Waals surface area contributed by atoms with Crippen LogP contribution in [-0.4, -0.2) is 30.2 Å². The predicted octanol–water partition coefficient (Wildman–Crippen LogP) is 7.46. The molecule has 2 heteroatoms. The van der Waals surface area contributed by atoms with E-state index >= 15 is 0 Å². The normalized spacial score (nSPS) is 13.9. The third-order valence-electron chi connectivity index (χ3n) is 6.42. The summed E-state index contributed by atoms with van der Waals surface area (Å²) in [5.74, 6) is 0. The molecular weight excluding hydrogens is 366 g/mol. The number of benzene rings is 2. The first-order chi connectivity index (χ1) is 14.6. The lowest BCUT2D eigenvalue weighted by molar-refractivity contribution is -0.926. The van der Waals surface area contributed by atoms with Gasteiger partial charge in [-0.3, -0.25) is 0 Å². The Labute approximate surface area is 185 Å². The largest absolute Gasteiger partial charge is 0.382 e. The van der Waals surface area contributed by atoms with E-state index in [1.807, 2.05) is 30.3 Å². The van der Waals surface area contributed by atoms with Crippen molar-refractivity contribution in [1.29, 1.82) is 0 Å². The van der Waals surface area contributed by atoms with E-state index in [0.717, 1.165) is 16.6 Å². The molecule has 0 unspecified atom stereocenters. The molecule has 0 aliphatic rings. The van der Waals surface area contributed by atoms with Crippen LogP contribution in [-0.2, 0) is 0 Å². The molecule has 2 aromatic carbocycles. The van der Waals surface area contributed by atoms with Crippen LogP contribution in [0, 0.1) is 0 Å². The average Bonchev–Trinajstić information content (AvgIpc) is 2.76. The minimum absolute atomic E-state index is 0.0344. The SMILES string of the molecule is CCCCCCCCCCCC[N+](C)(C)[C@@H](c1ccccc1)[C@H](O)c1ccccc1. The molecular formula is C28H44NO+. The number of rotatable bonds is 15. The fraction of sp³-hybridized carbons (Fsp3) is 0.571. The maximum absolute atomic E-state index is 11.3. The van der Waals surface area contributed by atoms with E-state index < -0.39 is 6.10 Å². The molecule has 2 rings (SSSR count). The first kappa shape index (κ1) is 24.6. The molecule has 2 nitrogen and oxygen atoms in total. The number of aliphatic hydroxyl groups is 1. The average molecular weight is 411 g/mol. The van der Waals surface area contributed by atoms with Crippen LogP contribution in [0.1, 0.15) is 94.4 Å². The van der Waals surface area contributed by atoms with E-state index in [0.29, 0.717) is 0 Å². The summed E-state index contributed by atoms with van der Waals surface area (Å²) in [4.78, 5) is 0. The molecule has 0 radical (unpaired) electrons. The Morgan fingerprint density at radius 1 is 0.633 bits per heavy atom. The maximum Gasteiger partial charge on any atom is 0.145 e. The number of nitrogens with zero attached hydrogens (tertiary/aromatic N) is 1. The Morgan fingerprint density at radius 3 is 1.57 bits per heavy atom. The molecule has 2 atom stereocenters. The molecule has 0 bridgehead atoms. The van der Waals surface area contributed by atoms with E-state index in [4.69, 9.17) is 0 Å². The van der Waals surface area contributed by atoms with E-state index in [1.165, 1.54) is 69.8 Å². The van der Waals surface area contributed by atoms with Crippen molar-refractivity contribution >= 4 is 0 Å². The lowest BCUT2D eigenvalue weighted by Crippen LogP contribution is -2.46. The van der Waals surface area contributed by atoms with Crippen molar-refractivity contribution in [2.24, 2.45) is 0 Å². The van der Waals surface area contributed by atoms with E-state index in [-0.39, 0.29) is 6.04 Å². The van der Waals surface area contributed by atoms with Crippen LogP contribution < -0.4 is 0 Å². The third-order valence-corrected chi connectivity index (χ3v) is 6.42. The lowest BCUT2D eigenvalue weighted by Gasteiger charge is -2.41. The second kappa shape index (κ2) is 13.6. The third kappa shape index (κ3) is 8.24. The van der Waals surface area contributed by atoms with Crippen molar-refractivity contribution < 1.29 is 9.59 Å². The minimum Gasteiger partial charge on any atom is -0.382 e. The second-order valence-electron chi connectivity index (χ2n) is 9.40. The highest BCUT2D eigenvalue weighted by molar-refractivity contribution is 5.25. The van der Waals surface area contributed by atoms with E-state index in [1.54, 1.807) is 0 Å². The minimum atomic E-state index is -0.508. The monoisotopic (exact) mass is 410 g/mol. The van der Waals surface area contributed by atoms with Crippen molar-refractivity contribution in [2.75, 3.05) is 20.6 Å². The fourth-order valence-electron chi connectivity index (χ4n) is 4.60. The van der Waals surface area contributed by atoms with Gasteiger partial charge in [0.05, 0.1) is 20.6 Å². The number of unbranched alkanes of at least 4 members (excludes halogenated alkanes) is 9.